The summed E-state index contributed by atoms with van der Waals surface area (Å²) in [6.45, 7) is 4.55. The number of hydrogen-bond acceptors (Lipinski definition) is 3. The normalized spacial score (nSPS) is 16.0. The van der Waals surface area contributed by atoms with Crippen LogP contribution in [0.2, 0.25) is 0 Å². The molecule has 1 atom stereocenters. The second-order valence-corrected chi connectivity index (χ2v) is 7.53. The Kier molecular flexibility index (Phi) is 8.05. The van der Waals surface area contributed by atoms with Crippen molar-refractivity contribution in [3.8, 4) is 5.75 Å². The lowest BCUT2D eigenvalue weighted by Crippen LogP contribution is -2.37. The number of hydrogen-bond donors (Lipinski definition) is 0. The zero-order chi connectivity index (χ0) is 20.5. The lowest BCUT2D eigenvalue weighted by atomic mass is 10.1. The number of rotatable bonds is 10. The number of carbonyl (C=O) groups excluding carboxylic acids is 1. The van der Waals surface area contributed by atoms with Crippen LogP contribution in [0.25, 0.3) is 0 Å². The second kappa shape index (κ2) is 11.0. The van der Waals surface area contributed by atoms with E-state index in [1.165, 1.54) is 12.1 Å². The van der Waals surface area contributed by atoms with E-state index in [2.05, 4.69) is 6.92 Å². The summed E-state index contributed by atoms with van der Waals surface area (Å²) in [7, 11) is 0. The van der Waals surface area contributed by atoms with Crippen molar-refractivity contribution in [1.82, 2.24) is 4.90 Å². The smallest absolute Gasteiger partial charge is 0.254 e. The maximum absolute atomic E-state index is 13.2. The predicted octanol–water partition coefficient (Wildman–Crippen LogP) is 5.22. The van der Waals surface area contributed by atoms with E-state index in [-0.39, 0.29) is 17.8 Å². The van der Waals surface area contributed by atoms with Gasteiger partial charge in [-0.25, -0.2) is 4.39 Å². The third kappa shape index (κ3) is 6.57. The minimum atomic E-state index is -0.278. The molecule has 1 fully saturated rings. The molecule has 1 unspecified atom stereocenters. The number of nitrogens with zero attached hydrogens (tertiary/aromatic N) is 1. The number of halogens is 1. The molecule has 1 amide bonds. The molecule has 0 spiro atoms. The first-order valence-electron chi connectivity index (χ1n) is 10.5. The van der Waals surface area contributed by atoms with E-state index < -0.39 is 0 Å². The van der Waals surface area contributed by atoms with Gasteiger partial charge < -0.3 is 14.4 Å². The lowest BCUT2D eigenvalue weighted by molar-refractivity contribution is 0.0507. The minimum Gasteiger partial charge on any atom is -0.494 e. The number of amides is 1. The molecule has 0 radical (unpaired) electrons. The Morgan fingerprint density at radius 1 is 1.14 bits per heavy atom. The van der Waals surface area contributed by atoms with Crippen LogP contribution < -0.4 is 4.74 Å². The Balaban J connectivity index is 1.66. The van der Waals surface area contributed by atoms with Gasteiger partial charge in [-0.3, -0.25) is 4.79 Å². The molecule has 5 heteroatoms. The summed E-state index contributed by atoms with van der Waals surface area (Å²) in [5, 5.41) is 0. The molecule has 1 aliphatic heterocycles. The molecular formula is C24H30FNO3. The highest BCUT2D eigenvalue weighted by Crippen LogP contribution is 2.19. The summed E-state index contributed by atoms with van der Waals surface area (Å²) < 4.78 is 24.7. The first-order chi connectivity index (χ1) is 14.2. The maximum Gasteiger partial charge on any atom is 0.254 e. The van der Waals surface area contributed by atoms with Crippen molar-refractivity contribution in [2.75, 3.05) is 19.8 Å². The fourth-order valence-electron chi connectivity index (χ4n) is 3.48. The maximum atomic E-state index is 13.2. The van der Waals surface area contributed by atoms with E-state index >= 15 is 0 Å². The van der Waals surface area contributed by atoms with Crippen LogP contribution in [0.1, 0.15) is 54.9 Å². The summed E-state index contributed by atoms with van der Waals surface area (Å²) in [5.74, 6) is 0.449. The highest BCUT2D eigenvalue weighted by molar-refractivity contribution is 5.94. The van der Waals surface area contributed by atoms with Crippen LogP contribution >= 0.6 is 0 Å². The van der Waals surface area contributed by atoms with Gasteiger partial charge in [0.2, 0.25) is 0 Å². The Morgan fingerprint density at radius 3 is 2.55 bits per heavy atom. The summed E-state index contributed by atoms with van der Waals surface area (Å²) in [5.41, 5.74) is 1.51. The van der Waals surface area contributed by atoms with Gasteiger partial charge in [0.25, 0.3) is 5.91 Å². The third-order valence-electron chi connectivity index (χ3n) is 5.14. The predicted molar refractivity (Wildman–Crippen MR) is 112 cm³/mol. The highest BCUT2D eigenvalue weighted by atomic mass is 19.1. The van der Waals surface area contributed by atoms with Gasteiger partial charge >= 0.3 is 0 Å². The highest BCUT2D eigenvalue weighted by Gasteiger charge is 2.23. The Hall–Kier alpha value is -2.40. The molecule has 0 bridgehead atoms. The topological polar surface area (TPSA) is 38.8 Å². The molecule has 0 aromatic heterocycles. The van der Waals surface area contributed by atoms with E-state index in [1.807, 2.05) is 24.3 Å². The SMILES string of the molecule is CCCCCOc1ccc(C(=O)N(Cc2ccc(F)cc2)CC2CCCO2)cc1. The average Bonchev–Trinajstić information content (AvgIpc) is 3.25. The van der Waals surface area contributed by atoms with Crippen molar-refractivity contribution in [3.63, 3.8) is 0 Å². The molecule has 1 heterocycles. The summed E-state index contributed by atoms with van der Waals surface area (Å²) in [4.78, 5) is 15.0. The number of benzene rings is 2. The standard InChI is InChI=1S/C24H30FNO3/c1-2-3-4-15-28-22-13-9-20(10-14-22)24(27)26(18-23-6-5-16-29-23)17-19-7-11-21(25)12-8-19/h7-14,23H,2-6,15-18H2,1H3. The first kappa shape index (κ1) is 21.3. The van der Waals surface area contributed by atoms with Crippen molar-refractivity contribution in [3.05, 3.63) is 65.5 Å². The number of ether oxygens (including phenoxy) is 2. The zero-order valence-electron chi connectivity index (χ0n) is 17.1. The zero-order valence-corrected chi connectivity index (χ0v) is 17.1. The van der Waals surface area contributed by atoms with Crippen molar-refractivity contribution < 1.29 is 18.7 Å². The number of carbonyl (C=O) groups is 1. The monoisotopic (exact) mass is 399 g/mol. The van der Waals surface area contributed by atoms with E-state index in [1.54, 1.807) is 17.0 Å². The van der Waals surface area contributed by atoms with Crippen molar-refractivity contribution in [1.29, 1.82) is 0 Å². The molecular weight excluding hydrogens is 369 g/mol. The quantitative estimate of drug-likeness (QED) is 0.515. The molecule has 0 saturated carbocycles. The molecule has 3 rings (SSSR count). The molecule has 1 saturated heterocycles. The van der Waals surface area contributed by atoms with Gasteiger partial charge in [-0.2, -0.15) is 0 Å². The minimum absolute atomic E-state index is 0.0534. The van der Waals surface area contributed by atoms with Crippen LogP contribution in [0, 0.1) is 5.82 Å². The van der Waals surface area contributed by atoms with Gasteiger partial charge in [-0.15, -0.1) is 0 Å². The second-order valence-electron chi connectivity index (χ2n) is 7.53. The van der Waals surface area contributed by atoms with Crippen LogP contribution in [0.3, 0.4) is 0 Å². The van der Waals surface area contributed by atoms with Gasteiger partial charge in [-0.1, -0.05) is 31.9 Å². The van der Waals surface area contributed by atoms with Crippen molar-refractivity contribution in [2.24, 2.45) is 0 Å². The third-order valence-corrected chi connectivity index (χ3v) is 5.14. The van der Waals surface area contributed by atoms with Gasteiger partial charge in [0, 0.05) is 25.3 Å². The summed E-state index contributed by atoms with van der Waals surface area (Å²) in [6.07, 6.45) is 5.37. The fraction of sp³-hybridized carbons (Fsp3) is 0.458. The molecule has 156 valence electrons. The first-order valence-corrected chi connectivity index (χ1v) is 10.5. The van der Waals surface area contributed by atoms with Crippen LogP contribution in [-0.4, -0.2) is 36.7 Å². The molecule has 2 aromatic carbocycles. The van der Waals surface area contributed by atoms with Crippen LogP contribution in [0.15, 0.2) is 48.5 Å². The van der Waals surface area contributed by atoms with Crippen molar-refractivity contribution in [2.45, 2.75) is 51.7 Å². The van der Waals surface area contributed by atoms with Gasteiger partial charge in [0.1, 0.15) is 11.6 Å². The van der Waals surface area contributed by atoms with Crippen LogP contribution in [0.4, 0.5) is 4.39 Å². The average molecular weight is 400 g/mol. The lowest BCUT2D eigenvalue weighted by Gasteiger charge is -2.26. The van der Waals surface area contributed by atoms with Gasteiger partial charge in [0.05, 0.1) is 12.7 Å². The van der Waals surface area contributed by atoms with Crippen molar-refractivity contribution >= 4 is 5.91 Å². The largest absolute Gasteiger partial charge is 0.494 e. The van der Waals surface area contributed by atoms with Gasteiger partial charge in [-0.05, 0) is 61.2 Å². The van der Waals surface area contributed by atoms with E-state index in [0.29, 0.717) is 25.3 Å². The molecule has 4 nitrogen and oxygen atoms in total. The van der Waals surface area contributed by atoms with Crippen LogP contribution in [0.5, 0.6) is 5.75 Å². The molecule has 1 aliphatic rings. The van der Waals surface area contributed by atoms with E-state index in [0.717, 1.165) is 50.0 Å². The molecule has 0 N–H and O–H groups in total. The Morgan fingerprint density at radius 2 is 1.90 bits per heavy atom. The molecule has 2 aromatic rings. The van der Waals surface area contributed by atoms with Crippen LogP contribution in [-0.2, 0) is 11.3 Å². The van der Waals surface area contributed by atoms with E-state index in [4.69, 9.17) is 9.47 Å². The van der Waals surface area contributed by atoms with Gasteiger partial charge in [0.15, 0.2) is 0 Å². The Labute approximate surface area is 172 Å². The van der Waals surface area contributed by atoms with E-state index in [9.17, 15) is 9.18 Å². The molecule has 0 aliphatic carbocycles. The summed E-state index contributed by atoms with van der Waals surface area (Å²) in [6, 6.07) is 13.6. The number of unbranched alkanes of at least 4 members (excludes halogenated alkanes) is 2. The fourth-order valence-corrected chi connectivity index (χ4v) is 3.48. The Bertz CT molecular complexity index is 755. The summed E-state index contributed by atoms with van der Waals surface area (Å²) >= 11 is 0. The molecule has 29 heavy (non-hydrogen) atoms.